The highest BCUT2D eigenvalue weighted by molar-refractivity contribution is 5.65. The largest absolute Gasteiger partial charge is 0.316 e. The molecule has 0 atom stereocenters. The molecule has 0 unspecified atom stereocenters. The maximum Gasteiger partial charge on any atom is 0.288 e. The minimum absolute atomic E-state index is 0.503. The lowest BCUT2D eigenvalue weighted by molar-refractivity contribution is 0.550. The van der Waals surface area contributed by atoms with E-state index in [1.54, 1.807) is 6.21 Å². The van der Waals surface area contributed by atoms with Gasteiger partial charge in [-0.3, -0.25) is 0 Å². The molecule has 4 heteroatoms. The van der Waals surface area contributed by atoms with Gasteiger partial charge >= 0.3 is 0 Å². The van der Waals surface area contributed by atoms with Crippen LogP contribution in [0.1, 0.15) is 12.1 Å². The first-order chi connectivity index (χ1) is 4.86. The van der Waals surface area contributed by atoms with Crippen LogP contribution in [0.25, 0.3) is 0 Å². The van der Waals surface area contributed by atoms with E-state index < -0.39 is 6.08 Å². The Balaban J connectivity index is 2.53. The minimum atomic E-state index is -0.538. The number of aromatic amines is 1. The molecule has 52 valence electrons. The van der Waals surface area contributed by atoms with E-state index >= 15 is 0 Å². The Morgan fingerprint density at radius 2 is 2.50 bits per heavy atom. The van der Waals surface area contributed by atoms with Crippen molar-refractivity contribution >= 4 is 12.0 Å². The highest BCUT2D eigenvalue weighted by Gasteiger charge is 2.10. The first kappa shape index (κ1) is 5.58. The first-order valence-corrected chi connectivity index (χ1v) is 3.13. The third-order valence-corrected chi connectivity index (χ3v) is 1.47. The molecule has 1 aromatic rings. The summed E-state index contributed by atoms with van der Waals surface area (Å²) >= 11 is 0. The molecule has 0 spiro atoms. The van der Waals surface area contributed by atoms with Crippen LogP contribution in [0.15, 0.2) is 4.99 Å². The SMILES string of the molecule is Fc1nc2c([nH]1)CCC=N2. The Morgan fingerprint density at radius 3 is 3.30 bits per heavy atom. The van der Waals surface area contributed by atoms with E-state index in [1.807, 2.05) is 0 Å². The van der Waals surface area contributed by atoms with E-state index in [4.69, 9.17) is 0 Å². The number of hydrogen-bond donors (Lipinski definition) is 1. The normalized spacial score (nSPS) is 15.3. The first-order valence-electron chi connectivity index (χ1n) is 3.13. The maximum absolute atomic E-state index is 12.3. The van der Waals surface area contributed by atoms with E-state index in [1.165, 1.54) is 0 Å². The molecule has 2 rings (SSSR count). The van der Waals surface area contributed by atoms with Gasteiger partial charge in [0.15, 0.2) is 5.82 Å². The number of aromatic nitrogens is 2. The average molecular weight is 139 g/mol. The molecule has 0 aromatic carbocycles. The van der Waals surface area contributed by atoms with Gasteiger partial charge in [-0.1, -0.05) is 0 Å². The molecule has 10 heavy (non-hydrogen) atoms. The van der Waals surface area contributed by atoms with Crippen molar-refractivity contribution in [2.24, 2.45) is 4.99 Å². The zero-order chi connectivity index (χ0) is 6.97. The van der Waals surface area contributed by atoms with Crippen LogP contribution in [0.2, 0.25) is 0 Å². The van der Waals surface area contributed by atoms with E-state index in [0.717, 1.165) is 18.5 Å². The van der Waals surface area contributed by atoms with Crippen molar-refractivity contribution < 1.29 is 4.39 Å². The fourth-order valence-electron chi connectivity index (χ4n) is 1.01. The average Bonchev–Trinajstić information content (AvgIpc) is 2.27. The molecule has 1 N–H and O–H groups in total. The number of aryl methyl sites for hydroxylation is 1. The Morgan fingerprint density at radius 1 is 1.60 bits per heavy atom. The van der Waals surface area contributed by atoms with Crippen LogP contribution in [0, 0.1) is 6.08 Å². The second-order valence-electron chi connectivity index (χ2n) is 2.18. The second kappa shape index (κ2) is 1.90. The molecular weight excluding hydrogens is 133 g/mol. The van der Waals surface area contributed by atoms with Crippen LogP contribution >= 0.6 is 0 Å². The zero-order valence-corrected chi connectivity index (χ0v) is 5.26. The second-order valence-corrected chi connectivity index (χ2v) is 2.18. The van der Waals surface area contributed by atoms with Crippen molar-refractivity contribution in [3.8, 4) is 0 Å². The van der Waals surface area contributed by atoms with Crippen molar-refractivity contribution in [2.45, 2.75) is 12.8 Å². The summed E-state index contributed by atoms with van der Waals surface area (Å²) in [5.74, 6) is 0.503. The number of rotatable bonds is 0. The Bertz CT molecular complexity index is 277. The lowest BCUT2D eigenvalue weighted by atomic mass is 10.2. The van der Waals surface area contributed by atoms with Gasteiger partial charge in [-0.2, -0.15) is 9.37 Å². The summed E-state index contributed by atoms with van der Waals surface area (Å²) in [4.78, 5) is 9.94. The van der Waals surface area contributed by atoms with Gasteiger partial charge in [-0.05, 0) is 12.8 Å². The van der Waals surface area contributed by atoms with Gasteiger partial charge in [0.2, 0.25) is 0 Å². The Labute approximate surface area is 57.0 Å². The summed E-state index contributed by atoms with van der Waals surface area (Å²) in [7, 11) is 0. The van der Waals surface area contributed by atoms with Crippen LogP contribution in [-0.4, -0.2) is 16.2 Å². The molecule has 0 saturated carbocycles. The van der Waals surface area contributed by atoms with Gasteiger partial charge in [-0.25, -0.2) is 4.99 Å². The van der Waals surface area contributed by atoms with Crippen molar-refractivity contribution in [1.82, 2.24) is 9.97 Å². The van der Waals surface area contributed by atoms with Crippen LogP contribution < -0.4 is 0 Å². The number of fused-ring (bicyclic) bond motifs is 1. The molecule has 0 aliphatic carbocycles. The Hall–Kier alpha value is -1.19. The standard InChI is InChI=1S/C6H6FN3/c7-6-9-4-2-1-3-8-5(4)10-6/h3H,1-2H2,(H,9,10). The highest BCUT2D eigenvalue weighted by atomic mass is 19.1. The smallest absolute Gasteiger partial charge is 0.288 e. The summed E-state index contributed by atoms with van der Waals surface area (Å²) in [5.41, 5.74) is 0.806. The molecule has 1 aliphatic rings. The number of H-pyrrole nitrogens is 1. The molecule has 0 saturated heterocycles. The maximum atomic E-state index is 12.3. The van der Waals surface area contributed by atoms with Crippen molar-refractivity contribution in [3.63, 3.8) is 0 Å². The zero-order valence-electron chi connectivity index (χ0n) is 5.26. The number of aliphatic imine (C=N–C) groups is 1. The molecular formula is C6H6FN3. The van der Waals surface area contributed by atoms with Gasteiger partial charge in [0.25, 0.3) is 6.08 Å². The molecule has 0 radical (unpaired) electrons. The number of halogens is 1. The van der Waals surface area contributed by atoms with E-state index in [-0.39, 0.29) is 0 Å². The van der Waals surface area contributed by atoms with Gasteiger partial charge in [0.1, 0.15) is 0 Å². The summed E-state index contributed by atoms with van der Waals surface area (Å²) in [6.07, 6.45) is 2.90. The third kappa shape index (κ3) is 0.725. The van der Waals surface area contributed by atoms with Crippen molar-refractivity contribution in [3.05, 3.63) is 11.8 Å². The van der Waals surface area contributed by atoms with Crippen LogP contribution in [0.5, 0.6) is 0 Å². The topological polar surface area (TPSA) is 41.0 Å². The van der Waals surface area contributed by atoms with Gasteiger partial charge < -0.3 is 4.98 Å². The highest BCUT2D eigenvalue weighted by Crippen LogP contribution is 2.19. The number of nitrogens with one attached hydrogen (secondary N) is 1. The molecule has 0 bridgehead atoms. The predicted octanol–water partition coefficient (Wildman–Crippen LogP) is 1.20. The van der Waals surface area contributed by atoms with Gasteiger partial charge in [0.05, 0.1) is 5.69 Å². The summed E-state index contributed by atoms with van der Waals surface area (Å²) in [5, 5.41) is 0. The van der Waals surface area contributed by atoms with Crippen LogP contribution in [0.4, 0.5) is 10.2 Å². The number of nitrogens with zero attached hydrogens (tertiary/aromatic N) is 2. The van der Waals surface area contributed by atoms with E-state index in [0.29, 0.717) is 5.82 Å². The predicted molar refractivity (Wildman–Crippen MR) is 35.0 cm³/mol. The Kier molecular flexibility index (Phi) is 1.06. The summed E-state index contributed by atoms with van der Waals surface area (Å²) in [6.45, 7) is 0. The third-order valence-electron chi connectivity index (χ3n) is 1.47. The number of imidazole rings is 1. The lowest BCUT2D eigenvalue weighted by Crippen LogP contribution is -1.91. The van der Waals surface area contributed by atoms with Crippen LogP contribution in [0.3, 0.4) is 0 Å². The summed E-state index contributed by atoms with van der Waals surface area (Å²) < 4.78 is 12.3. The van der Waals surface area contributed by atoms with Gasteiger partial charge in [-0.15, -0.1) is 0 Å². The lowest BCUT2D eigenvalue weighted by Gasteiger charge is -1.99. The quantitative estimate of drug-likeness (QED) is 0.576. The van der Waals surface area contributed by atoms with Crippen LogP contribution in [-0.2, 0) is 6.42 Å². The van der Waals surface area contributed by atoms with Crippen molar-refractivity contribution in [2.75, 3.05) is 0 Å². The van der Waals surface area contributed by atoms with E-state index in [2.05, 4.69) is 15.0 Å². The van der Waals surface area contributed by atoms with E-state index in [9.17, 15) is 4.39 Å². The van der Waals surface area contributed by atoms with Crippen molar-refractivity contribution in [1.29, 1.82) is 0 Å². The molecule has 1 aliphatic heterocycles. The fraction of sp³-hybridized carbons (Fsp3) is 0.333. The molecule has 1 aromatic heterocycles. The fourth-order valence-corrected chi connectivity index (χ4v) is 1.01. The molecule has 0 amide bonds. The summed E-state index contributed by atoms with van der Waals surface area (Å²) in [6, 6.07) is 0. The van der Waals surface area contributed by atoms with Gasteiger partial charge in [0, 0.05) is 6.21 Å². The minimum Gasteiger partial charge on any atom is -0.316 e. The number of hydrogen-bond acceptors (Lipinski definition) is 2. The monoisotopic (exact) mass is 139 g/mol. The molecule has 3 nitrogen and oxygen atoms in total. The molecule has 2 heterocycles. The molecule has 0 fully saturated rings.